The molecule has 1 aromatic rings. The molecule has 0 heterocycles. The highest BCUT2D eigenvalue weighted by Crippen LogP contribution is 2.17. The van der Waals surface area contributed by atoms with Crippen LogP contribution in [0.15, 0.2) is 24.3 Å². The molecule has 1 rings (SSSR count). The Morgan fingerprint density at radius 1 is 1.33 bits per heavy atom. The molecule has 0 saturated heterocycles. The lowest BCUT2D eigenvalue weighted by Gasteiger charge is -2.17. The van der Waals surface area contributed by atoms with Gasteiger partial charge in [-0.15, -0.1) is 0 Å². The first kappa shape index (κ1) is 15.0. The molecule has 2 unspecified atom stereocenters. The molecule has 0 fully saturated rings. The van der Waals surface area contributed by atoms with Gasteiger partial charge in [0.15, 0.2) is 0 Å². The average Bonchev–Trinajstić information content (AvgIpc) is 2.36. The Hall–Kier alpha value is -1.06. The highest BCUT2D eigenvalue weighted by atomic mass is 35.5. The molecule has 0 aliphatic heterocycles. The number of amides is 1. The molecule has 4 heteroatoms. The van der Waals surface area contributed by atoms with Gasteiger partial charge in [-0.3, -0.25) is 4.79 Å². The average molecular weight is 269 g/mol. The van der Waals surface area contributed by atoms with Crippen molar-refractivity contribution >= 4 is 17.5 Å². The smallest absolute Gasteiger partial charge is 0.223 e. The van der Waals surface area contributed by atoms with Crippen LogP contribution in [0.2, 0.25) is 5.02 Å². The molecular weight excluding hydrogens is 248 g/mol. The van der Waals surface area contributed by atoms with Crippen LogP contribution in [0.3, 0.4) is 0 Å². The maximum absolute atomic E-state index is 11.9. The number of halogens is 1. The standard InChI is InChI=1S/C14H21ClN2O/c1-10(4-3-9-16)14(18)17-11(2)12-5-7-13(15)8-6-12/h5-8,10-11H,3-4,9,16H2,1-2H3,(H,17,18). The fraction of sp³-hybridized carbons (Fsp3) is 0.500. The second-order valence-corrected chi connectivity index (χ2v) is 5.05. The van der Waals surface area contributed by atoms with Crippen molar-refractivity contribution in [1.29, 1.82) is 0 Å². The molecule has 0 aliphatic carbocycles. The first-order valence-corrected chi connectivity index (χ1v) is 6.68. The summed E-state index contributed by atoms with van der Waals surface area (Å²) in [6, 6.07) is 7.51. The Morgan fingerprint density at radius 3 is 2.50 bits per heavy atom. The summed E-state index contributed by atoms with van der Waals surface area (Å²) in [6.07, 6.45) is 1.71. The van der Waals surface area contributed by atoms with Gasteiger partial charge in [0.1, 0.15) is 0 Å². The molecule has 3 nitrogen and oxygen atoms in total. The zero-order valence-corrected chi connectivity index (χ0v) is 11.7. The van der Waals surface area contributed by atoms with E-state index in [1.165, 1.54) is 0 Å². The van der Waals surface area contributed by atoms with E-state index in [4.69, 9.17) is 17.3 Å². The van der Waals surface area contributed by atoms with Crippen molar-refractivity contribution in [2.24, 2.45) is 11.7 Å². The summed E-state index contributed by atoms with van der Waals surface area (Å²) in [5.74, 6) is 0.0780. The van der Waals surface area contributed by atoms with E-state index in [1.54, 1.807) is 0 Å². The van der Waals surface area contributed by atoms with E-state index in [9.17, 15) is 4.79 Å². The maximum atomic E-state index is 11.9. The summed E-state index contributed by atoms with van der Waals surface area (Å²) < 4.78 is 0. The molecule has 2 atom stereocenters. The zero-order valence-electron chi connectivity index (χ0n) is 10.9. The molecule has 1 amide bonds. The van der Waals surface area contributed by atoms with Gasteiger partial charge in [-0.2, -0.15) is 0 Å². The highest BCUT2D eigenvalue weighted by Gasteiger charge is 2.15. The fourth-order valence-corrected chi connectivity index (χ4v) is 1.87. The first-order valence-electron chi connectivity index (χ1n) is 6.30. The second-order valence-electron chi connectivity index (χ2n) is 4.61. The van der Waals surface area contributed by atoms with E-state index in [0.717, 1.165) is 18.4 Å². The number of carbonyl (C=O) groups is 1. The van der Waals surface area contributed by atoms with Crippen LogP contribution in [0, 0.1) is 5.92 Å². The number of hydrogen-bond acceptors (Lipinski definition) is 2. The van der Waals surface area contributed by atoms with Gasteiger partial charge in [0.05, 0.1) is 6.04 Å². The Bertz CT molecular complexity index is 378. The van der Waals surface area contributed by atoms with Crippen LogP contribution in [0.25, 0.3) is 0 Å². The van der Waals surface area contributed by atoms with Gasteiger partial charge in [-0.05, 0) is 44.0 Å². The van der Waals surface area contributed by atoms with Gasteiger partial charge in [0.25, 0.3) is 0 Å². The molecular formula is C14H21ClN2O. The van der Waals surface area contributed by atoms with Crippen molar-refractivity contribution in [1.82, 2.24) is 5.32 Å². The van der Waals surface area contributed by atoms with E-state index < -0.39 is 0 Å². The summed E-state index contributed by atoms with van der Waals surface area (Å²) in [6.45, 7) is 4.53. The fourth-order valence-electron chi connectivity index (χ4n) is 1.75. The minimum Gasteiger partial charge on any atom is -0.349 e. The van der Waals surface area contributed by atoms with Gasteiger partial charge >= 0.3 is 0 Å². The van der Waals surface area contributed by atoms with Crippen LogP contribution in [-0.2, 0) is 4.79 Å². The molecule has 1 aromatic carbocycles. The van der Waals surface area contributed by atoms with Crippen LogP contribution in [-0.4, -0.2) is 12.5 Å². The van der Waals surface area contributed by atoms with E-state index >= 15 is 0 Å². The number of benzene rings is 1. The number of rotatable bonds is 6. The third-order valence-electron chi connectivity index (χ3n) is 3.02. The predicted octanol–water partition coefficient (Wildman–Crippen LogP) is 2.89. The first-order chi connectivity index (χ1) is 8.54. The van der Waals surface area contributed by atoms with Crippen molar-refractivity contribution in [2.75, 3.05) is 6.54 Å². The molecule has 0 radical (unpaired) electrons. The molecule has 3 N–H and O–H groups in total. The van der Waals surface area contributed by atoms with Crippen molar-refractivity contribution in [3.8, 4) is 0 Å². The van der Waals surface area contributed by atoms with Crippen LogP contribution < -0.4 is 11.1 Å². The van der Waals surface area contributed by atoms with Gasteiger partial charge in [-0.25, -0.2) is 0 Å². The largest absolute Gasteiger partial charge is 0.349 e. The van der Waals surface area contributed by atoms with Crippen molar-refractivity contribution in [3.05, 3.63) is 34.9 Å². The molecule has 0 aromatic heterocycles. The van der Waals surface area contributed by atoms with E-state index in [2.05, 4.69) is 5.32 Å². The van der Waals surface area contributed by atoms with Crippen molar-refractivity contribution in [3.63, 3.8) is 0 Å². The molecule has 0 aliphatic rings. The van der Waals surface area contributed by atoms with Gasteiger partial charge < -0.3 is 11.1 Å². The van der Waals surface area contributed by atoms with Crippen LogP contribution in [0.4, 0.5) is 0 Å². The predicted molar refractivity (Wildman–Crippen MR) is 75.5 cm³/mol. The summed E-state index contributed by atoms with van der Waals surface area (Å²) in [4.78, 5) is 11.9. The Labute approximate surface area is 114 Å². The SMILES string of the molecule is CC(CCCN)C(=O)NC(C)c1ccc(Cl)cc1. The third-order valence-corrected chi connectivity index (χ3v) is 3.27. The number of hydrogen-bond donors (Lipinski definition) is 2. The molecule has 100 valence electrons. The lowest BCUT2D eigenvalue weighted by atomic mass is 10.0. The zero-order chi connectivity index (χ0) is 13.5. The van der Waals surface area contributed by atoms with Crippen molar-refractivity contribution in [2.45, 2.75) is 32.7 Å². The minimum absolute atomic E-state index is 0.00306. The highest BCUT2D eigenvalue weighted by molar-refractivity contribution is 6.30. The summed E-state index contributed by atoms with van der Waals surface area (Å²) in [7, 11) is 0. The number of carbonyl (C=O) groups excluding carboxylic acids is 1. The second kappa shape index (κ2) is 7.39. The van der Waals surface area contributed by atoms with Crippen LogP contribution in [0.1, 0.15) is 38.3 Å². The third kappa shape index (κ3) is 4.67. The van der Waals surface area contributed by atoms with Crippen molar-refractivity contribution < 1.29 is 4.79 Å². The Kier molecular flexibility index (Phi) is 6.16. The van der Waals surface area contributed by atoms with E-state index in [1.807, 2.05) is 38.1 Å². The molecule has 18 heavy (non-hydrogen) atoms. The summed E-state index contributed by atoms with van der Waals surface area (Å²) in [5.41, 5.74) is 6.49. The van der Waals surface area contributed by atoms with Crippen LogP contribution in [0.5, 0.6) is 0 Å². The lowest BCUT2D eigenvalue weighted by Crippen LogP contribution is -2.31. The van der Waals surface area contributed by atoms with Crippen LogP contribution >= 0.6 is 11.6 Å². The van der Waals surface area contributed by atoms with E-state index in [-0.39, 0.29) is 17.9 Å². The molecule has 0 spiro atoms. The van der Waals surface area contributed by atoms with Gasteiger partial charge in [0.2, 0.25) is 5.91 Å². The maximum Gasteiger partial charge on any atom is 0.223 e. The Morgan fingerprint density at radius 2 is 1.94 bits per heavy atom. The van der Waals surface area contributed by atoms with E-state index in [0.29, 0.717) is 11.6 Å². The summed E-state index contributed by atoms with van der Waals surface area (Å²) in [5, 5.41) is 3.70. The number of nitrogens with two attached hydrogens (primary N) is 1. The molecule has 0 saturated carbocycles. The lowest BCUT2D eigenvalue weighted by molar-refractivity contribution is -0.125. The minimum atomic E-state index is -0.00454. The normalized spacial score (nSPS) is 14.0. The quantitative estimate of drug-likeness (QED) is 0.834. The topological polar surface area (TPSA) is 55.1 Å². The Balaban J connectivity index is 2.51. The van der Waals surface area contributed by atoms with Gasteiger partial charge in [-0.1, -0.05) is 30.7 Å². The van der Waals surface area contributed by atoms with Gasteiger partial charge in [0, 0.05) is 10.9 Å². The number of nitrogens with one attached hydrogen (secondary N) is 1. The molecule has 0 bridgehead atoms. The summed E-state index contributed by atoms with van der Waals surface area (Å²) >= 11 is 5.83. The monoisotopic (exact) mass is 268 g/mol.